The summed E-state index contributed by atoms with van der Waals surface area (Å²) in [6, 6.07) is 22.8. The molecule has 0 spiro atoms. The molecule has 0 saturated heterocycles. The van der Waals surface area contributed by atoms with E-state index < -0.39 is 30.3 Å². The fourth-order valence-electron chi connectivity index (χ4n) is 8.27. The third kappa shape index (κ3) is 9.12. The van der Waals surface area contributed by atoms with Crippen molar-refractivity contribution in [2.24, 2.45) is 0 Å². The first-order valence-electron chi connectivity index (χ1n) is 20.9. The number of carbonyl (C=O) groups excluding carboxylic acids is 2. The van der Waals surface area contributed by atoms with E-state index in [0.29, 0.717) is 30.3 Å². The summed E-state index contributed by atoms with van der Waals surface area (Å²) in [6.07, 6.45) is 15.5. The largest absolute Gasteiger partial charge is 0.494 e. The number of hydrogen-bond acceptors (Lipinski definition) is 12. The fourth-order valence-corrected chi connectivity index (χ4v) is 8.27. The predicted octanol–water partition coefficient (Wildman–Crippen LogP) is 8.54. The van der Waals surface area contributed by atoms with Crippen LogP contribution in [0.2, 0.25) is 0 Å². The van der Waals surface area contributed by atoms with E-state index in [0.717, 1.165) is 57.4 Å². The third-order valence-corrected chi connectivity index (χ3v) is 11.2. The third-order valence-electron chi connectivity index (χ3n) is 11.2. The van der Waals surface area contributed by atoms with Crippen molar-refractivity contribution >= 4 is 17.5 Å². The summed E-state index contributed by atoms with van der Waals surface area (Å²) in [6.45, 7) is 4.77. The smallest absolute Gasteiger partial charge is 0.339 e. The molecule has 8 rings (SSSR count). The van der Waals surface area contributed by atoms with Crippen LogP contribution in [0.25, 0.3) is 27.8 Å². The number of fused-ring (bicyclic) bond motifs is 6. The molecule has 3 atom stereocenters. The molecular weight excluding hydrogens is 785 g/mol. The van der Waals surface area contributed by atoms with E-state index in [1.165, 1.54) is 18.2 Å². The minimum atomic E-state index is -1.22. The van der Waals surface area contributed by atoms with Gasteiger partial charge in [-0.15, -0.1) is 0 Å². The highest BCUT2D eigenvalue weighted by Crippen LogP contribution is 2.46. The normalized spacial score (nSPS) is 13.8. The number of aromatic nitrogens is 4. The number of carbonyl (C=O) groups is 2. The summed E-state index contributed by atoms with van der Waals surface area (Å²) < 4.78 is 35.2. The second-order valence-corrected chi connectivity index (χ2v) is 14.9. The summed E-state index contributed by atoms with van der Waals surface area (Å²) in [5.41, 5.74) is 11.6. The van der Waals surface area contributed by atoms with Gasteiger partial charge in [0.1, 0.15) is 18.1 Å². The topological polar surface area (TPSA) is 141 Å². The Bertz CT molecular complexity index is 2430. The molecule has 316 valence electrons. The Morgan fingerprint density at radius 2 is 1.24 bits per heavy atom. The minimum absolute atomic E-state index is 0.133. The van der Waals surface area contributed by atoms with Crippen molar-refractivity contribution in [1.29, 1.82) is 0 Å². The van der Waals surface area contributed by atoms with Gasteiger partial charge in [-0.3, -0.25) is 19.9 Å². The van der Waals surface area contributed by atoms with Crippen LogP contribution in [0.4, 0.5) is 0 Å². The van der Waals surface area contributed by atoms with Gasteiger partial charge in [0, 0.05) is 97.9 Å². The zero-order chi connectivity index (χ0) is 42.8. The van der Waals surface area contributed by atoms with Gasteiger partial charge in [0.25, 0.3) is 0 Å². The van der Waals surface area contributed by atoms with Gasteiger partial charge in [-0.2, -0.15) is 0 Å². The summed E-state index contributed by atoms with van der Waals surface area (Å²) in [7, 11) is 1.38. The molecule has 0 saturated carbocycles. The lowest BCUT2D eigenvalue weighted by atomic mass is 9.93. The van der Waals surface area contributed by atoms with Gasteiger partial charge in [0.15, 0.2) is 18.3 Å². The molecule has 4 aromatic heterocycles. The molecule has 6 aromatic rings. The first-order valence-corrected chi connectivity index (χ1v) is 20.9. The van der Waals surface area contributed by atoms with Gasteiger partial charge >= 0.3 is 11.9 Å². The van der Waals surface area contributed by atoms with E-state index in [1.54, 1.807) is 43.6 Å². The van der Waals surface area contributed by atoms with E-state index >= 15 is 0 Å². The average molecular weight is 833 g/mol. The van der Waals surface area contributed by atoms with Gasteiger partial charge in [-0.25, -0.2) is 9.59 Å². The van der Waals surface area contributed by atoms with E-state index in [4.69, 9.17) is 28.4 Å². The van der Waals surface area contributed by atoms with E-state index in [9.17, 15) is 9.59 Å². The van der Waals surface area contributed by atoms with Crippen molar-refractivity contribution in [2.75, 3.05) is 33.5 Å². The summed E-state index contributed by atoms with van der Waals surface area (Å²) in [4.78, 5) is 44.3. The van der Waals surface area contributed by atoms with Gasteiger partial charge in [-0.1, -0.05) is 24.3 Å². The summed E-state index contributed by atoms with van der Waals surface area (Å²) >= 11 is 0. The van der Waals surface area contributed by atoms with Crippen molar-refractivity contribution in [3.8, 4) is 33.8 Å². The highest BCUT2D eigenvalue weighted by atomic mass is 16.6. The van der Waals surface area contributed by atoms with Crippen molar-refractivity contribution < 1.29 is 38.0 Å². The lowest BCUT2D eigenvalue weighted by Crippen LogP contribution is -2.38. The molecule has 12 heteroatoms. The number of benzene rings is 2. The standard InChI is InChI=1S/C50H48N4O8/c1-4-58-46(27-32-8-12-34(13-9-32)61-26-20-41-39-18-23-53-30-44(39)45-31-54-24-19-40(41)45)49(55)62-47(48(57-3)50(56)59-5-2)33-10-14-35(15-11-33)60-25-6-7-36-37-16-21-51-28-42(37)43-29-52-22-17-38(36)43/h8-24,28-31,36,46-48H,4-7,25-27H2,1-3H3. The number of ether oxygens (including phenoxy) is 6. The maximum absolute atomic E-state index is 13.9. The summed E-state index contributed by atoms with van der Waals surface area (Å²) in [5.74, 6) is 0.282. The predicted molar refractivity (Wildman–Crippen MR) is 232 cm³/mol. The molecule has 3 unspecified atom stereocenters. The Kier molecular flexibility index (Phi) is 13.4. The number of nitrogens with zero attached hydrogens (tertiary/aromatic N) is 4. The highest BCUT2D eigenvalue weighted by Gasteiger charge is 2.36. The second-order valence-electron chi connectivity index (χ2n) is 14.9. The molecule has 0 aliphatic heterocycles. The zero-order valence-electron chi connectivity index (χ0n) is 34.9. The molecule has 4 heterocycles. The Balaban J connectivity index is 0.894. The van der Waals surface area contributed by atoms with Crippen LogP contribution in [-0.4, -0.2) is 77.6 Å². The van der Waals surface area contributed by atoms with Crippen LogP contribution in [0.1, 0.15) is 72.1 Å². The Morgan fingerprint density at radius 3 is 1.84 bits per heavy atom. The molecule has 0 N–H and O–H groups in total. The highest BCUT2D eigenvalue weighted by molar-refractivity contribution is 6.00. The molecule has 2 aliphatic rings. The average Bonchev–Trinajstić information content (AvgIpc) is 3.80. The quantitative estimate of drug-likeness (QED) is 0.0570. The SMILES string of the molecule is CCOC(=O)C(OC)C(OC(=O)C(Cc1ccc(OCC=C2c3ccncc3-c3cnccc32)cc1)OCC)c1ccc(OCCCC2c3ccncc3-c3cnccc32)cc1. The van der Waals surface area contributed by atoms with Crippen LogP contribution in [0, 0.1) is 0 Å². The van der Waals surface area contributed by atoms with Gasteiger partial charge in [-0.05, 0) is 120 Å². The molecule has 2 aromatic carbocycles. The van der Waals surface area contributed by atoms with Crippen molar-refractivity contribution in [1.82, 2.24) is 19.9 Å². The van der Waals surface area contributed by atoms with Crippen LogP contribution in [0.3, 0.4) is 0 Å². The van der Waals surface area contributed by atoms with Crippen molar-refractivity contribution in [3.63, 3.8) is 0 Å². The lowest BCUT2D eigenvalue weighted by molar-refractivity contribution is -0.179. The van der Waals surface area contributed by atoms with Gasteiger partial charge in [0.05, 0.1) is 13.2 Å². The Hall–Kier alpha value is -6.76. The first-order chi connectivity index (χ1) is 30.5. The van der Waals surface area contributed by atoms with E-state index in [2.05, 4.69) is 38.1 Å². The molecule has 0 fully saturated rings. The molecule has 0 radical (unpaired) electrons. The molecule has 12 nitrogen and oxygen atoms in total. The fraction of sp³-hybridized carbons (Fsp3) is 0.280. The maximum atomic E-state index is 13.9. The zero-order valence-corrected chi connectivity index (χ0v) is 34.9. The molecular formula is C50H48N4O8. The van der Waals surface area contributed by atoms with Gasteiger partial charge in [0.2, 0.25) is 0 Å². The van der Waals surface area contributed by atoms with Crippen LogP contribution in [0.5, 0.6) is 11.5 Å². The number of hydrogen-bond donors (Lipinski definition) is 0. The monoisotopic (exact) mass is 832 g/mol. The van der Waals surface area contributed by atoms with Crippen LogP contribution < -0.4 is 9.47 Å². The summed E-state index contributed by atoms with van der Waals surface area (Å²) in [5, 5.41) is 0. The van der Waals surface area contributed by atoms with Crippen molar-refractivity contribution in [2.45, 2.75) is 57.3 Å². The van der Waals surface area contributed by atoms with Crippen molar-refractivity contribution in [3.05, 3.63) is 162 Å². The molecule has 0 bridgehead atoms. The Labute approximate surface area is 360 Å². The van der Waals surface area contributed by atoms with Crippen LogP contribution in [0.15, 0.2) is 128 Å². The number of rotatable bonds is 19. The van der Waals surface area contributed by atoms with Crippen LogP contribution >= 0.6 is 0 Å². The molecule has 0 amide bonds. The molecule has 2 aliphatic carbocycles. The second kappa shape index (κ2) is 19.7. The van der Waals surface area contributed by atoms with E-state index in [1.807, 2.05) is 80.5 Å². The minimum Gasteiger partial charge on any atom is -0.494 e. The molecule has 62 heavy (non-hydrogen) atoms. The number of methoxy groups -OCH3 is 1. The maximum Gasteiger partial charge on any atom is 0.339 e. The van der Waals surface area contributed by atoms with Crippen LogP contribution in [-0.2, 0) is 35.0 Å². The van der Waals surface area contributed by atoms with E-state index in [-0.39, 0.29) is 25.6 Å². The number of esters is 2. The Morgan fingerprint density at radius 1 is 0.661 bits per heavy atom. The first kappa shape index (κ1) is 42.0. The number of pyridine rings is 4. The lowest BCUT2D eigenvalue weighted by Gasteiger charge is -2.27. The van der Waals surface area contributed by atoms with Gasteiger partial charge < -0.3 is 28.4 Å².